The normalized spacial score (nSPS) is 22.2. The van der Waals surface area contributed by atoms with Crippen LogP contribution in [0.3, 0.4) is 0 Å². The summed E-state index contributed by atoms with van der Waals surface area (Å²) in [5.41, 5.74) is 0.799. The van der Waals surface area contributed by atoms with Crippen LogP contribution in [0.4, 0.5) is 5.69 Å². The van der Waals surface area contributed by atoms with Crippen molar-refractivity contribution in [1.29, 1.82) is 0 Å². The second-order valence-corrected chi connectivity index (χ2v) is 5.27. The predicted octanol–water partition coefficient (Wildman–Crippen LogP) is 2.41. The molecule has 1 fully saturated rings. The van der Waals surface area contributed by atoms with Gasteiger partial charge in [0, 0.05) is 11.7 Å². The highest BCUT2D eigenvalue weighted by molar-refractivity contribution is 5.92. The lowest BCUT2D eigenvalue weighted by molar-refractivity contribution is -0.115. The molecule has 0 spiro atoms. The molecule has 19 heavy (non-hydrogen) atoms. The van der Waals surface area contributed by atoms with E-state index in [1.807, 2.05) is 24.3 Å². The lowest BCUT2D eigenvalue weighted by Crippen LogP contribution is -2.34. The maximum absolute atomic E-state index is 11.8. The second kappa shape index (κ2) is 6.57. The Morgan fingerprint density at radius 3 is 2.63 bits per heavy atom. The van der Waals surface area contributed by atoms with E-state index in [4.69, 9.17) is 4.74 Å². The number of nitrogens with one attached hydrogen (secondary N) is 2. The zero-order chi connectivity index (χ0) is 13.7. The molecule has 1 aromatic carbocycles. The fourth-order valence-electron chi connectivity index (χ4n) is 2.51. The molecule has 0 heterocycles. The van der Waals surface area contributed by atoms with E-state index in [0.29, 0.717) is 12.6 Å². The van der Waals surface area contributed by atoms with Gasteiger partial charge in [-0.15, -0.1) is 0 Å². The molecule has 0 bridgehead atoms. The minimum atomic E-state index is 0.00437. The molecule has 1 aromatic rings. The molecule has 2 unspecified atom stereocenters. The highest BCUT2D eigenvalue weighted by Gasteiger charge is 2.21. The van der Waals surface area contributed by atoms with Crippen LogP contribution in [0.1, 0.15) is 26.2 Å². The zero-order valence-corrected chi connectivity index (χ0v) is 11.6. The average molecular weight is 262 g/mol. The van der Waals surface area contributed by atoms with E-state index in [2.05, 4.69) is 17.6 Å². The Bertz CT molecular complexity index is 417. The number of methoxy groups -OCH3 is 1. The van der Waals surface area contributed by atoms with E-state index >= 15 is 0 Å². The van der Waals surface area contributed by atoms with Crippen LogP contribution in [0.15, 0.2) is 24.3 Å². The number of benzene rings is 1. The third kappa shape index (κ3) is 4.24. The molecule has 0 aliphatic heterocycles. The number of anilines is 1. The Hall–Kier alpha value is -1.55. The lowest BCUT2D eigenvalue weighted by atomic mass is 10.1. The van der Waals surface area contributed by atoms with Gasteiger partial charge in [0.1, 0.15) is 5.75 Å². The van der Waals surface area contributed by atoms with Gasteiger partial charge in [-0.2, -0.15) is 0 Å². The summed E-state index contributed by atoms with van der Waals surface area (Å²) < 4.78 is 5.07. The number of hydrogen-bond donors (Lipinski definition) is 2. The molecule has 0 aromatic heterocycles. The number of ether oxygens (including phenoxy) is 1. The SMILES string of the molecule is COc1ccc(NC(=O)CNC2CCC(C)C2)cc1. The molecule has 1 aliphatic rings. The highest BCUT2D eigenvalue weighted by Crippen LogP contribution is 2.24. The first-order valence-electron chi connectivity index (χ1n) is 6.84. The summed E-state index contributed by atoms with van der Waals surface area (Å²) in [6.07, 6.45) is 3.62. The first-order valence-corrected chi connectivity index (χ1v) is 6.84. The van der Waals surface area contributed by atoms with Crippen LogP contribution < -0.4 is 15.4 Å². The van der Waals surface area contributed by atoms with E-state index in [1.165, 1.54) is 19.3 Å². The van der Waals surface area contributed by atoms with Crippen LogP contribution in [0.2, 0.25) is 0 Å². The van der Waals surface area contributed by atoms with Crippen LogP contribution in [0, 0.1) is 5.92 Å². The van der Waals surface area contributed by atoms with Crippen LogP contribution in [-0.4, -0.2) is 25.6 Å². The van der Waals surface area contributed by atoms with E-state index in [1.54, 1.807) is 7.11 Å². The average Bonchev–Trinajstić information content (AvgIpc) is 2.83. The van der Waals surface area contributed by atoms with Crippen molar-refractivity contribution in [3.8, 4) is 5.75 Å². The highest BCUT2D eigenvalue weighted by atomic mass is 16.5. The number of amides is 1. The molecule has 0 saturated heterocycles. The lowest BCUT2D eigenvalue weighted by Gasteiger charge is -2.12. The summed E-state index contributed by atoms with van der Waals surface area (Å²) >= 11 is 0. The molecule has 4 heteroatoms. The van der Waals surface area contributed by atoms with Crippen molar-refractivity contribution in [2.45, 2.75) is 32.2 Å². The summed E-state index contributed by atoms with van der Waals surface area (Å²) in [6, 6.07) is 7.85. The van der Waals surface area contributed by atoms with Gasteiger partial charge in [-0.3, -0.25) is 4.79 Å². The van der Waals surface area contributed by atoms with Crippen molar-refractivity contribution in [3.63, 3.8) is 0 Å². The number of carbonyl (C=O) groups is 1. The third-order valence-electron chi connectivity index (χ3n) is 3.62. The Kier molecular flexibility index (Phi) is 4.80. The van der Waals surface area contributed by atoms with Gasteiger partial charge in [-0.1, -0.05) is 6.92 Å². The van der Waals surface area contributed by atoms with Crippen molar-refractivity contribution < 1.29 is 9.53 Å². The van der Waals surface area contributed by atoms with Crippen LogP contribution in [0.25, 0.3) is 0 Å². The number of carbonyl (C=O) groups excluding carboxylic acids is 1. The number of rotatable bonds is 5. The van der Waals surface area contributed by atoms with Gasteiger partial charge in [0.2, 0.25) is 5.91 Å². The zero-order valence-electron chi connectivity index (χ0n) is 11.6. The van der Waals surface area contributed by atoms with Gasteiger partial charge >= 0.3 is 0 Å². The van der Waals surface area contributed by atoms with Gasteiger partial charge in [0.15, 0.2) is 0 Å². The maximum Gasteiger partial charge on any atom is 0.238 e. The largest absolute Gasteiger partial charge is 0.497 e. The topological polar surface area (TPSA) is 50.4 Å². The molecule has 104 valence electrons. The van der Waals surface area contributed by atoms with Gasteiger partial charge in [-0.25, -0.2) is 0 Å². The summed E-state index contributed by atoms with van der Waals surface area (Å²) in [6.45, 7) is 2.64. The molecular weight excluding hydrogens is 240 g/mol. The van der Waals surface area contributed by atoms with Crippen molar-refractivity contribution in [3.05, 3.63) is 24.3 Å². The van der Waals surface area contributed by atoms with E-state index in [0.717, 1.165) is 17.4 Å². The van der Waals surface area contributed by atoms with Crippen LogP contribution in [-0.2, 0) is 4.79 Å². The van der Waals surface area contributed by atoms with Gasteiger partial charge in [-0.05, 0) is 49.4 Å². The standard InChI is InChI=1S/C15H22N2O2/c1-11-3-4-13(9-11)16-10-15(18)17-12-5-7-14(19-2)8-6-12/h5-8,11,13,16H,3-4,9-10H2,1-2H3,(H,17,18). The molecule has 2 rings (SSSR count). The molecule has 1 amide bonds. The first kappa shape index (κ1) is 13.9. The minimum Gasteiger partial charge on any atom is -0.497 e. The second-order valence-electron chi connectivity index (χ2n) is 5.27. The molecule has 2 atom stereocenters. The van der Waals surface area contributed by atoms with Crippen molar-refractivity contribution in [2.24, 2.45) is 5.92 Å². The summed E-state index contributed by atoms with van der Waals surface area (Å²) in [5, 5.41) is 6.19. The smallest absolute Gasteiger partial charge is 0.238 e. The minimum absolute atomic E-state index is 0.00437. The third-order valence-corrected chi connectivity index (χ3v) is 3.62. The molecule has 0 radical (unpaired) electrons. The Morgan fingerprint density at radius 2 is 2.05 bits per heavy atom. The molecule has 1 aliphatic carbocycles. The maximum atomic E-state index is 11.8. The van der Waals surface area contributed by atoms with Crippen LogP contribution in [0.5, 0.6) is 5.75 Å². The fraction of sp³-hybridized carbons (Fsp3) is 0.533. The summed E-state index contributed by atoms with van der Waals surface area (Å²) in [5.74, 6) is 1.57. The van der Waals surface area contributed by atoms with Gasteiger partial charge in [0.25, 0.3) is 0 Å². The van der Waals surface area contributed by atoms with Crippen molar-refractivity contribution in [2.75, 3.05) is 19.0 Å². The Balaban J connectivity index is 1.74. The Morgan fingerprint density at radius 1 is 1.32 bits per heavy atom. The predicted molar refractivity (Wildman–Crippen MR) is 76.4 cm³/mol. The van der Waals surface area contributed by atoms with E-state index in [-0.39, 0.29) is 5.91 Å². The van der Waals surface area contributed by atoms with Crippen LogP contribution >= 0.6 is 0 Å². The van der Waals surface area contributed by atoms with Crippen molar-refractivity contribution >= 4 is 11.6 Å². The quantitative estimate of drug-likeness (QED) is 0.856. The molecule has 1 saturated carbocycles. The summed E-state index contributed by atoms with van der Waals surface area (Å²) in [7, 11) is 1.63. The molecule has 2 N–H and O–H groups in total. The first-order chi connectivity index (χ1) is 9.17. The van der Waals surface area contributed by atoms with Gasteiger partial charge in [0.05, 0.1) is 13.7 Å². The monoisotopic (exact) mass is 262 g/mol. The van der Waals surface area contributed by atoms with E-state index in [9.17, 15) is 4.79 Å². The Labute approximate surface area is 114 Å². The fourth-order valence-corrected chi connectivity index (χ4v) is 2.51. The molecular formula is C15H22N2O2. The van der Waals surface area contributed by atoms with Crippen molar-refractivity contribution in [1.82, 2.24) is 5.32 Å². The molecule has 4 nitrogen and oxygen atoms in total. The summed E-state index contributed by atoms with van der Waals surface area (Å²) in [4.78, 5) is 11.8. The number of hydrogen-bond acceptors (Lipinski definition) is 3. The van der Waals surface area contributed by atoms with Gasteiger partial charge < -0.3 is 15.4 Å². The van der Waals surface area contributed by atoms with E-state index < -0.39 is 0 Å².